The third kappa shape index (κ3) is 3.14. The summed E-state index contributed by atoms with van der Waals surface area (Å²) in [5, 5.41) is 4.46. The molecule has 0 unspecified atom stereocenters. The Kier molecular flexibility index (Phi) is 4.57. The first kappa shape index (κ1) is 16.5. The second kappa shape index (κ2) is 6.65. The standard InChI is InChI=1S/C18H24N4O2/c1-13-17(14(2)20(3)19-13)11-21-8-9-22(18(23)12-21)15-6-5-7-16(10-15)24-4/h5-7,10H,8-9,11-12H2,1-4H3. The summed E-state index contributed by atoms with van der Waals surface area (Å²) in [6, 6.07) is 7.66. The summed E-state index contributed by atoms with van der Waals surface area (Å²) in [5.41, 5.74) is 4.32. The maximum Gasteiger partial charge on any atom is 0.241 e. The third-order valence-corrected chi connectivity index (χ3v) is 4.71. The molecular weight excluding hydrogens is 304 g/mol. The second-order valence-electron chi connectivity index (χ2n) is 6.23. The average molecular weight is 328 g/mol. The summed E-state index contributed by atoms with van der Waals surface area (Å²) in [4.78, 5) is 16.6. The van der Waals surface area contributed by atoms with Crippen LogP contribution in [0.3, 0.4) is 0 Å². The van der Waals surface area contributed by atoms with Gasteiger partial charge in [-0.05, 0) is 26.0 Å². The lowest BCUT2D eigenvalue weighted by molar-refractivity contribution is -0.121. The molecule has 0 spiro atoms. The quantitative estimate of drug-likeness (QED) is 0.860. The van der Waals surface area contributed by atoms with Crippen molar-refractivity contribution in [3.8, 4) is 5.75 Å². The van der Waals surface area contributed by atoms with Crippen molar-refractivity contribution in [2.75, 3.05) is 31.6 Å². The molecule has 6 nitrogen and oxygen atoms in total. The number of methoxy groups -OCH3 is 1. The lowest BCUT2D eigenvalue weighted by Gasteiger charge is -2.34. The summed E-state index contributed by atoms with van der Waals surface area (Å²) < 4.78 is 7.15. The van der Waals surface area contributed by atoms with Gasteiger partial charge >= 0.3 is 0 Å². The Balaban J connectivity index is 1.70. The average Bonchev–Trinajstić information content (AvgIpc) is 2.81. The summed E-state index contributed by atoms with van der Waals surface area (Å²) in [5.74, 6) is 0.887. The molecular formula is C18H24N4O2. The molecule has 1 fully saturated rings. The largest absolute Gasteiger partial charge is 0.497 e. The van der Waals surface area contributed by atoms with E-state index in [2.05, 4.69) is 16.9 Å². The third-order valence-electron chi connectivity index (χ3n) is 4.71. The topological polar surface area (TPSA) is 50.6 Å². The molecule has 1 amide bonds. The highest BCUT2D eigenvalue weighted by atomic mass is 16.5. The summed E-state index contributed by atoms with van der Waals surface area (Å²) in [6.45, 7) is 6.82. The van der Waals surface area contributed by atoms with Crippen molar-refractivity contribution in [1.82, 2.24) is 14.7 Å². The van der Waals surface area contributed by atoms with Crippen LogP contribution in [-0.4, -0.2) is 47.3 Å². The van der Waals surface area contributed by atoms with E-state index >= 15 is 0 Å². The molecule has 0 aliphatic carbocycles. The number of benzene rings is 1. The number of amides is 1. The first-order chi connectivity index (χ1) is 11.5. The molecule has 128 valence electrons. The summed E-state index contributed by atoms with van der Waals surface area (Å²) in [6.07, 6.45) is 0. The zero-order valence-corrected chi connectivity index (χ0v) is 14.7. The van der Waals surface area contributed by atoms with Crippen LogP contribution in [0.15, 0.2) is 24.3 Å². The van der Waals surface area contributed by atoms with Gasteiger partial charge in [-0.1, -0.05) is 6.07 Å². The molecule has 2 aromatic rings. The van der Waals surface area contributed by atoms with E-state index in [4.69, 9.17) is 4.74 Å². The Labute approximate surface area is 142 Å². The maximum atomic E-state index is 12.6. The van der Waals surface area contributed by atoms with Gasteiger partial charge in [0, 0.05) is 49.7 Å². The summed E-state index contributed by atoms with van der Waals surface area (Å²) in [7, 11) is 3.59. The Morgan fingerprint density at radius 1 is 1.25 bits per heavy atom. The first-order valence-electron chi connectivity index (χ1n) is 8.15. The molecule has 6 heteroatoms. The van der Waals surface area contributed by atoms with Gasteiger partial charge in [-0.3, -0.25) is 14.4 Å². The van der Waals surface area contributed by atoms with Crippen LogP contribution in [0, 0.1) is 13.8 Å². The molecule has 0 N–H and O–H groups in total. The van der Waals surface area contributed by atoms with Crippen LogP contribution in [0.2, 0.25) is 0 Å². The molecule has 1 aliphatic rings. The lowest BCUT2D eigenvalue weighted by atomic mass is 10.1. The van der Waals surface area contributed by atoms with Gasteiger partial charge in [0.1, 0.15) is 5.75 Å². The van der Waals surface area contributed by atoms with Crippen LogP contribution >= 0.6 is 0 Å². The number of aromatic nitrogens is 2. The highest BCUT2D eigenvalue weighted by Crippen LogP contribution is 2.23. The molecule has 1 aromatic heterocycles. The van der Waals surface area contributed by atoms with Gasteiger partial charge in [0.2, 0.25) is 5.91 Å². The molecule has 1 aromatic carbocycles. The van der Waals surface area contributed by atoms with E-state index in [0.717, 1.165) is 35.9 Å². The molecule has 0 atom stereocenters. The monoisotopic (exact) mass is 328 g/mol. The van der Waals surface area contributed by atoms with Crippen molar-refractivity contribution < 1.29 is 9.53 Å². The normalized spacial score (nSPS) is 15.8. The fraction of sp³-hybridized carbons (Fsp3) is 0.444. The van der Waals surface area contributed by atoms with Gasteiger partial charge < -0.3 is 9.64 Å². The number of ether oxygens (including phenoxy) is 1. The SMILES string of the molecule is COc1cccc(N2CCN(Cc3c(C)nn(C)c3C)CC2=O)c1. The number of nitrogens with zero attached hydrogens (tertiary/aromatic N) is 4. The predicted molar refractivity (Wildman–Crippen MR) is 93.3 cm³/mol. The minimum Gasteiger partial charge on any atom is -0.497 e. The minimum atomic E-state index is 0.119. The van der Waals surface area contributed by atoms with Gasteiger partial charge in [0.15, 0.2) is 0 Å². The Hall–Kier alpha value is -2.34. The van der Waals surface area contributed by atoms with Crippen molar-refractivity contribution in [2.24, 2.45) is 7.05 Å². The number of anilines is 1. The molecule has 0 bridgehead atoms. The predicted octanol–water partition coefficient (Wildman–Crippen LogP) is 1.89. The zero-order valence-electron chi connectivity index (χ0n) is 14.7. The van der Waals surface area contributed by atoms with Crippen LogP contribution < -0.4 is 9.64 Å². The number of aryl methyl sites for hydroxylation is 2. The smallest absolute Gasteiger partial charge is 0.241 e. The van der Waals surface area contributed by atoms with Crippen LogP contribution in [-0.2, 0) is 18.4 Å². The molecule has 24 heavy (non-hydrogen) atoms. The number of rotatable bonds is 4. The van der Waals surface area contributed by atoms with Crippen molar-refractivity contribution >= 4 is 11.6 Å². The van der Waals surface area contributed by atoms with E-state index in [1.165, 1.54) is 5.56 Å². The van der Waals surface area contributed by atoms with Gasteiger partial charge in [-0.25, -0.2) is 0 Å². The van der Waals surface area contributed by atoms with Crippen LogP contribution in [0.4, 0.5) is 5.69 Å². The Morgan fingerprint density at radius 2 is 2.04 bits per heavy atom. The first-order valence-corrected chi connectivity index (χ1v) is 8.15. The molecule has 0 saturated carbocycles. The van der Waals surface area contributed by atoms with E-state index in [9.17, 15) is 4.79 Å². The highest BCUT2D eigenvalue weighted by molar-refractivity contribution is 5.95. The van der Waals surface area contributed by atoms with Gasteiger partial charge in [0.05, 0.1) is 19.3 Å². The Bertz CT molecular complexity index is 753. The van der Waals surface area contributed by atoms with E-state index < -0.39 is 0 Å². The van der Waals surface area contributed by atoms with Crippen LogP contribution in [0.5, 0.6) is 5.75 Å². The number of carbonyl (C=O) groups excluding carboxylic acids is 1. The van der Waals surface area contributed by atoms with E-state index in [1.54, 1.807) is 7.11 Å². The number of piperazine rings is 1. The molecule has 3 rings (SSSR count). The lowest BCUT2D eigenvalue weighted by Crippen LogP contribution is -2.50. The maximum absolute atomic E-state index is 12.6. The van der Waals surface area contributed by atoms with Crippen molar-refractivity contribution in [2.45, 2.75) is 20.4 Å². The number of hydrogen-bond donors (Lipinski definition) is 0. The second-order valence-corrected chi connectivity index (χ2v) is 6.23. The fourth-order valence-electron chi connectivity index (χ4n) is 3.18. The van der Waals surface area contributed by atoms with Crippen molar-refractivity contribution in [3.05, 3.63) is 41.2 Å². The van der Waals surface area contributed by atoms with E-state index in [-0.39, 0.29) is 5.91 Å². The zero-order chi connectivity index (χ0) is 17.3. The molecule has 0 radical (unpaired) electrons. The van der Waals surface area contributed by atoms with E-state index in [1.807, 2.05) is 47.8 Å². The van der Waals surface area contributed by atoms with Crippen LogP contribution in [0.1, 0.15) is 17.0 Å². The van der Waals surface area contributed by atoms with Crippen molar-refractivity contribution in [1.29, 1.82) is 0 Å². The Morgan fingerprint density at radius 3 is 2.67 bits per heavy atom. The van der Waals surface area contributed by atoms with Gasteiger partial charge in [-0.2, -0.15) is 5.10 Å². The van der Waals surface area contributed by atoms with E-state index in [0.29, 0.717) is 13.1 Å². The fourth-order valence-corrected chi connectivity index (χ4v) is 3.18. The minimum absolute atomic E-state index is 0.119. The summed E-state index contributed by atoms with van der Waals surface area (Å²) >= 11 is 0. The van der Waals surface area contributed by atoms with Crippen LogP contribution in [0.25, 0.3) is 0 Å². The van der Waals surface area contributed by atoms with Gasteiger partial charge in [-0.15, -0.1) is 0 Å². The number of carbonyl (C=O) groups is 1. The molecule has 1 aliphatic heterocycles. The molecule has 1 saturated heterocycles. The van der Waals surface area contributed by atoms with Crippen molar-refractivity contribution in [3.63, 3.8) is 0 Å². The highest BCUT2D eigenvalue weighted by Gasteiger charge is 2.26. The van der Waals surface area contributed by atoms with Gasteiger partial charge in [0.25, 0.3) is 0 Å². The molecule has 2 heterocycles. The number of hydrogen-bond acceptors (Lipinski definition) is 4.